The zero-order chi connectivity index (χ0) is 15.0. The average Bonchev–Trinajstić information content (AvgIpc) is 2.36. The van der Waals surface area contributed by atoms with Gasteiger partial charge in [0.25, 0.3) is 0 Å². The molecule has 1 aromatic rings. The standard InChI is InChI=1S/C14H16Cl4O2/c1-2-3-4-6-20-14-11(15)8-10(9-12(14)16)19-7-5-13(17)18/h5,8-9H,2-4,6-7H2,1H3. The highest BCUT2D eigenvalue weighted by molar-refractivity contribution is 6.55. The number of halogens is 4. The quantitative estimate of drug-likeness (QED) is 0.511. The summed E-state index contributed by atoms with van der Waals surface area (Å²) in [6, 6.07) is 3.30. The summed E-state index contributed by atoms with van der Waals surface area (Å²) in [4.78, 5) is 0. The molecule has 112 valence electrons. The van der Waals surface area contributed by atoms with E-state index in [1.165, 1.54) is 6.08 Å². The van der Waals surface area contributed by atoms with Gasteiger partial charge in [-0.05, 0) is 12.5 Å². The third-order valence-electron chi connectivity index (χ3n) is 2.45. The zero-order valence-corrected chi connectivity index (χ0v) is 14.1. The van der Waals surface area contributed by atoms with Crippen molar-refractivity contribution in [2.24, 2.45) is 0 Å². The fraction of sp³-hybridized carbons (Fsp3) is 0.429. The molecule has 0 spiro atoms. The van der Waals surface area contributed by atoms with E-state index in [2.05, 4.69) is 6.92 Å². The lowest BCUT2D eigenvalue weighted by Crippen LogP contribution is -1.99. The first-order chi connectivity index (χ1) is 9.54. The van der Waals surface area contributed by atoms with E-state index in [0.717, 1.165) is 19.3 Å². The van der Waals surface area contributed by atoms with E-state index in [1.54, 1.807) is 12.1 Å². The Morgan fingerprint density at radius 1 is 1.10 bits per heavy atom. The SMILES string of the molecule is CCCCCOc1c(Cl)cc(OCC=C(Cl)Cl)cc1Cl. The van der Waals surface area contributed by atoms with E-state index < -0.39 is 0 Å². The molecule has 0 atom stereocenters. The number of unbranched alkanes of at least 4 members (excludes halogenated alkanes) is 2. The molecule has 0 saturated carbocycles. The van der Waals surface area contributed by atoms with Crippen LogP contribution in [0.15, 0.2) is 22.7 Å². The van der Waals surface area contributed by atoms with Crippen LogP contribution >= 0.6 is 46.4 Å². The molecule has 0 amide bonds. The van der Waals surface area contributed by atoms with E-state index >= 15 is 0 Å². The van der Waals surface area contributed by atoms with Gasteiger partial charge < -0.3 is 9.47 Å². The van der Waals surface area contributed by atoms with Gasteiger partial charge in [-0.2, -0.15) is 0 Å². The predicted octanol–water partition coefficient (Wildman–Crippen LogP) is 6.26. The van der Waals surface area contributed by atoms with Crippen molar-refractivity contribution in [1.82, 2.24) is 0 Å². The summed E-state index contributed by atoms with van der Waals surface area (Å²) >= 11 is 23.2. The molecule has 2 nitrogen and oxygen atoms in total. The lowest BCUT2D eigenvalue weighted by molar-refractivity contribution is 0.305. The molecule has 0 bridgehead atoms. The van der Waals surface area contributed by atoms with Crippen LogP contribution in [0.25, 0.3) is 0 Å². The molecule has 6 heteroatoms. The van der Waals surface area contributed by atoms with Crippen LogP contribution in [0.1, 0.15) is 26.2 Å². The van der Waals surface area contributed by atoms with Crippen LogP contribution in [0, 0.1) is 0 Å². The molecule has 0 saturated heterocycles. The van der Waals surface area contributed by atoms with Crippen molar-refractivity contribution in [3.63, 3.8) is 0 Å². The molecule has 0 aromatic heterocycles. The Labute approximate surface area is 139 Å². The molecule has 0 aliphatic carbocycles. The Morgan fingerprint density at radius 3 is 2.30 bits per heavy atom. The second-order valence-corrected chi connectivity index (χ2v) is 5.90. The molecule has 1 rings (SSSR count). The lowest BCUT2D eigenvalue weighted by atomic mass is 10.2. The molecule has 0 fully saturated rings. The maximum absolute atomic E-state index is 6.13. The summed E-state index contributed by atoms with van der Waals surface area (Å²) in [6.07, 6.45) is 4.75. The normalized spacial score (nSPS) is 10.2. The molecule has 0 aliphatic rings. The fourth-order valence-electron chi connectivity index (χ4n) is 1.49. The Kier molecular flexibility index (Phi) is 8.55. The highest BCUT2D eigenvalue weighted by Crippen LogP contribution is 2.37. The Balaban J connectivity index is 2.63. The van der Waals surface area contributed by atoms with Crippen LogP contribution in [0.2, 0.25) is 10.0 Å². The summed E-state index contributed by atoms with van der Waals surface area (Å²) in [5.41, 5.74) is 0. The van der Waals surface area contributed by atoms with Gasteiger partial charge in [0.05, 0.1) is 16.7 Å². The minimum atomic E-state index is 0.151. The van der Waals surface area contributed by atoms with Gasteiger partial charge in [0.15, 0.2) is 5.75 Å². The van der Waals surface area contributed by atoms with E-state index in [0.29, 0.717) is 28.2 Å². The van der Waals surface area contributed by atoms with E-state index in [-0.39, 0.29) is 11.1 Å². The fourth-order valence-corrected chi connectivity index (χ4v) is 2.19. The molecule has 0 aliphatic heterocycles. The summed E-state index contributed by atoms with van der Waals surface area (Å²) in [5.74, 6) is 1.02. The van der Waals surface area contributed by atoms with Crippen LogP contribution in [-0.4, -0.2) is 13.2 Å². The number of benzene rings is 1. The second-order valence-electron chi connectivity index (χ2n) is 4.08. The first-order valence-corrected chi connectivity index (χ1v) is 7.81. The highest BCUT2D eigenvalue weighted by Gasteiger charge is 2.10. The molecule has 0 N–H and O–H groups in total. The van der Waals surface area contributed by atoms with E-state index in [1.807, 2.05) is 0 Å². The van der Waals surface area contributed by atoms with Crippen LogP contribution < -0.4 is 9.47 Å². The molecule has 20 heavy (non-hydrogen) atoms. The van der Waals surface area contributed by atoms with Gasteiger partial charge in [-0.1, -0.05) is 66.2 Å². The molecule has 1 aromatic carbocycles. The first-order valence-electron chi connectivity index (χ1n) is 6.30. The maximum atomic E-state index is 6.13. The van der Waals surface area contributed by atoms with Crippen LogP contribution in [0.3, 0.4) is 0 Å². The number of ether oxygens (including phenoxy) is 2. The zero-order valence-electron chi connectivity index (χ0n) is 11.1. The molecular weight excluding hydrogens is 342 g/mol. The van der Waals surface area contributed by atoms with Crippen molar-refractivity contribution >= 4 is 46.4 Å². The van der Waals surface area contributed by atoms with Gasteiger partial charge in [0.2, 0.25) is 0 Å². The highest BCUT2D eigenvalue weighted by atomic mass is 35.5. The second kappa shape index (κ2) is 9.62. The van der Waals surface area contributed by atoms with Crippen molar-refractivity contribution in [3.05, 3.63) is 32.7 Å². The van der Waals surface area contributed by atoms with E-state index in [9.17, 15) is 0 Å². The molecule has 0 unspecified atom stereocenters. The van der Waals surface area contributed by atoms with E-state index in [4.69, 9.17) is 55.9 Å². The molecule has 0 radical (unpaired) electrons. The third-order valence-corrected chi connectivity index (χ3v) is 3.32. The molecular formula is C14H16Cl4O2. The van der Waals surface area contributed by atoms with Crippen LogP contribution in [-0.2, 0) is 0 Å². The smallest absolute Gasteiger partial charge is 0.156 e. The van der Waals surface area contributed by atoms with Crippen molar-refractivity contribution in [1.29, 1.82) is 0 Å². The van der Waals surface area contributed by atoms with Gasteiger partial charge in [0, 0.05) is 12.1 Å². The summed E-state index contributed by atoms with van der Waals surface area (Å²) in [7, 11) is 0. The van der Waals surface area contributed by atoms with Gasteiger partial charge in [-0.3, -0.25) is 0 Å². The van der Waals surface area contributed by atoms with Gasteiger partial charge >= 0.3 is 0 Å². The van der Waals surface area contributed by atoms with Gasteiger partial charge in [-0.15, -0.1) is 0 Å². The Bertz CT molecular complexity index is 433. The molecule has 0 heterocycles. The predicted molar refractivity (Wildman–Crippen MR) is 86.8 cm³/mol. The number of rotatable bonds is 8. The maximum Gasteiger partial charge on any atom is 0.156 e. The summed E-state index contributed by atoms with van der Waals surface area (Å²) in [6.45, 7) is 2.97. The third kappa shape index (κ3) is 6.45. The lowest BCUT2D eigenvalue weighted by Gasteiger charge is -2.12. The Morgan fingerprint density at radius 2 is 1.75 bits per heavy atom. The van der Waals surface area contributed by atoms with Crippen LogP contribution in [0.4, 0.5) is 0 Å². The van der Waals surface area contributed by atoms with Crippen molar-refractivity contribution in [2.45, 2.75) is 26.2 Å². The summed E-state index contributed by atoms with van der Waals surface area (Å²) < 4.78 is 11.2. The number of hydrogen-bond acceptors (Lipinski definition) is 2. The minimum Gasteiger partial charge on any atom is -0.490 e. The van der Waals surface area contributed by atoms with Gasteiger partial charge in [0.1, 0.15) is 16.8 Å². The first kappa shape index (κ1) is 17.8. The summed E-state index contributed by atoms with van der Waals surface area (Å²) in [5, 5.41) is 0.842. The topological polar surface area (TPSA) is 18.5 Å². The Hall–Kier alpha value is -0.280. The monoisotopic (exact) mass is 356 g/mol. The number of hydrogen-bond donors (Lipinski definition) is 0. The van der Waals surface area contributed by atoms with Crippen molar-refractivity contribution < 1.29 is 9.47 Å². The minimum absolute atomic E-state index is 0.151. The van der Waals surface area contributed by atoms with Crippen molar-refractivity contribution in [2.75, 3.05) is 13.2 Å². The van der Waals surface area contributed by atoms with Crippen molar-refractivity contribution in [3.8, 4) is 11.5 Å². The average molecular weight is 358 g/mol. The largest absolute Gasteiger partial charge is 0.490 e. The van der Waals surface area contributed by atoms with Crippen LogP contribution in [0.5, 0.6) is 11.5 Å². The van der Waals surface area contributed by atoms with Gasteiger partial charge in [-0.25, -0.2) is 0 Å².